The van der Waals surface area contributed by atoms with Crippen LogP contribution in [0.4, 0.5) is 0 Å². The van der Waals surface area contributed by atoms with E-state index in [1.165, 1.54) is 5.56 Å². The zero-order chi connectivity index (χ0) is 11.4. The highest BCUT2D eigenvalue weighted by Gasteiger charge is 2.11. The van der Waals surface area contributed by atoms with Gasteiger partial charge in [-0.3, -0.25) is 4.79 Å². The van der Waals surface area contributed by atoms with Crippen molar-refractivity contribution in [3.8, 4) is 5.75 Å². The fraction of sp³-hybridized carbons (Fsp3) is 0.417. The summed E-state index contributed by atoms with van der Waals surface area (Å²) in [4.78, 5) is 10.8. The number of ether oxygens (including phenoxy) is 1. The molecule has 0 amide bonds. The first-order chi connectivity index (χ1) is 7.00. The normalized spacial score (nSPS) is 12.6. The molecule has 0 saturated heterocycles. The molecule has 0 fully saturated rings. The molecule has 1 aromatic rings. The van der Waals surface area contributed by atoms with E-state index in [1.54, 1.807) is 6.92 Å². The minimum absolute atomic E-state index is 0.483. The molecule has 0 aliphatic carbocycles. The summed E-state index contributed by atoms with van der Waals surface area (Å²) in [6.07, 6.45) is -0.600. The van der Waals surface area contributed by atoms with Gasteiger partial charge in [0.25, 0.3) is 5.24 Å². The molecule has 1 atom stereocenters. The van der Waals surface area contributed by atoms with E-state index in [1.807, 2.05) is 24.3 Å². The minimum Gasteiger partial charge on any atom is -0.482 e. The van der Waals surface area contributed by atoms with Crippen LogP contribution in [0.5, 0.6) is 5.75 Å². The van der Waals surface area contributed by atoms with Crippen molar-refractivity contribution in [2.24, 2.45) is 0 Å². The summed E-state index contributed by atoms with van der Waals surface area (Å²) >= 11 is 5.30. The van der Waals surface area contributed by atoms with Crippen LogP contribution >= 0.6 is 11.6 Å². The number of hydrogen-bond acceptors (Lipinski definition) is 2. The van der Waals surface area contributed by atoms with Crippen molar-refractivity contribution in [3.63, 3.8) is 0 Å². The smallest absolute Gasteiger partial charge is 0.262 e. The summed E-state index contributed by atoms with van der Waals surface area (Å²) in [7, 11) is 0. The lowest BCUT2D eigenvalue weighted by atomic mass is 10.0. The number of carbonyl (C=O) groups is 1. The highest BCUT2D eigenvalue weighted by atomic mass is 35.5. The van der Waals surface area contributed by atoms with Crippen molar-refractivity contribution >= 4 is 16.8 Å². The van der Waals surface area contributed by atoms with Crippen LogP contribution < -0.4 is 4.74 Å². The van der Waals surface area contributed by atoms with Crippen LogP contribution in [0.15, 0.2) is 24.3 Å². The Hall–Kier alpha value is -1.02. The highest BCUT2D eigenvalue weighted by molar-refractivity contribution is 6.64. The molecule has 0 heterocycles. The third-order valence-electron chi connectivity index (χ3n) is 2.18. The number of halogens is 1. The Labute approximate surface area is 95.2 Å². The van der Waals surface area contributed by atoms with Gasteiger partial charge in [-0.15, -0.1) is 0 Å². The first-order valence-electron chi connectivity index (χ1n) is 4.96. The Morgan fingerprint density at radius 2 is 1.73 bits per heavy atom. The Kier molecular flexibility index (Phi) is 4.15. The van der Waals surface area contributed by atoms with Gasteiger partial charge in [0.1, 0.15) is 5.75 Å². The second-order valence-electron chi connectivity index (χ2n) is 3.79. The third kappa shape index (κ3) is 3.56. The second-order valence-corrected chi connectivity index (χ2v) is 4.16. The van der Waals surface area contributed by atoms with Gasteiger partial charge in [0, 0.05) is 0 Å². The molecular formula is C12H15ClO2. The van der Waals surface area contributed by atoms with Gasteiger partial charge in [0.2, 0.25) is 0 Å². The van der Waals surface area contributed by atoms with E-state index in [4.69, 9.17) is 16.3 Å². The Bertz CT molecular complexity index is 330. The molecule has 0 spiro atoms. The molecule has 0 aromatic heterocycles. The number of rotatable bonds is 4. The fourth-order valence-corrected chi connectivity index (χ4v) is 1.23. The maximum absolute atomic E-state index is 10.8. The standard InChI is InChI=1S/C12H15ClO2/c1-8(2)10-4-6-11(7-5-10)15-9(3)12(13)14/h4-9H,1-3H3/t9-/m1/s1. The first kappa shape index (κ1) is 12.1. The van der Waals surface area contributed by atoms with Crippen LogP contribution in [0.2, 0.25) is 0 Å². The maximum Gasteiger partial charge on any atom is 0.262 e. The molecule has 0 N–H and O–H groups in total. The SMILES string of the molecule is CC(C)c1ccc(O[C@H](C)C(=O)Cl)cc1. The summed E-state index contributed by atoms with van der Waals surface area (Å²) in [5.74, 6) is 1.16. The van der Waals surface area contributed by atoms with Gasteiger partial charge in [0.05, 0.1) is 0 Å². The van der Waals surface area contributed by atoms with Crippen molar-refractivity contribution < 1.29 is 9.53 Å². The summed E-state index contributed by atoms with van der Waals surface area (Å²) in [6, 6.07) is 7.69. The van der Waals surface area contributed by atoms with Crippen molar-refractivity contribution in [2.75, 3.05) is 0 Å². The van der Waals surface area contributed by atoms with E-state index in [9.17, 15) is 4.79 Å². The summed E-state index contributed by atoms with van der Waals surface area (Å²) in [5.41, 5.74) is 1.24. The Morgan fingerprint density at radius 1 is 1.20 bits per heavy atom. The van der Waals surface area contributed by atoms with Crippen molar-refractivity contribution in [1.82, 2.24) is 0 Å². The molecule has 3 heteroatoms. The second kappa shape index (κ2) is 5.17. The molecule has 2 nitrogen and oxygen atoms in total. The lowest BCUT2D eigenvalue weighted by Gasteiger charge is -2.11. The van der Waals surface area contributed by atoms with Gasteiger partial charge >= 0.3 is 0 Å². The first-order valence-corrected chi connectivity index (χ1v) is 5.34. The van der Waals surface area contributed by atoms with E-state index in [0.717, 1.165) is 0 Å². The van der Waals surface area contributed by atoms with E-state index in [0.29, 0.717) is 11.7 Å². The molecule has 0 radical (unpaired) electrons. The van der Waals surface area contributed by atoms with Crippen molar-refractivity contribution in [2.45, 2.75) is 32.8 Å². The van der Waals surface area contributed by atoms with Gasteiger partial charge in [-0.1, -0.05) is 26.0 Å². The zero-order valence-corrected chi connectivity index (χ0v) is 9.91. The van der Waals surface area contributed by atoms with Gasteiger partial charge in [-0.05, 0) is 42.1 Å². The molecule has 0 unspecified atom stereocenters. The van der Waals surface area contributed by atoms with Crippen LogP contribution in [-0.4, -0.2) is 11.3 Å². The Balaban J connectivity index is 2.68. The van der Waals surface area contributed by atoms with Crippen molar-refractivity contribution in [3.05, 3.63) is 29.8 Å². The molecule has 0 bridgehead atoms. The summed E-state index contributed by atoms with van der Waals surface area (Å²) < 4.78 is 5.33. The third-order valence-corrected chi connectivity index (χ3v) is 2.49. The number of hydrogen-bond donors (Lipinski definition) is 0. The average molecular weight is 227 g/mol. The molecule has 0 aliphatic heterocycles. The predicted molar refractivity (Wildman–Crippen MR) is 61.5 cm³/mol. The molecular weight excluding hydrogens is 212 g/mol. The molecule has 1 rings (SSSR count). The molecule has 15 heavy (non-hydrogen) atoms. The van der Waals surface area contributed by atoms with Gasteiger partial charge in [-0.2, -0.15) is 0 Å². The van der Waals surface area contributed by atoms with E-state index < -0.39 is 11.3 Å². The van der Waals surface area contributed by atoms with Crippen LogP contribution in [-0.2, 0) is 4.79 Å². The van der Waals surface area contributed by atoms with Crippen LogP contribution in [0, 0.1) is 0 Å². The average Bonchev–Trinajstić information content (AvgIpc) is 2.18. The molecule has 82 valence electrons. The van der Waals surface area contributed by atoms with Crippen molar-refractivity contribution in [1.29, 1.82) is 0 Å². The number of benzene rings is 1. The summed E-state index contributed by atoms with van der Waals surface area (Å²) in [5, 5.41) is -0.483. The monoisotopic (exact) mass is 226 g/mol. The zero-order valence-electron chi connectivity index (χ0n) is 9.16. The van der Waals surface area contributed by atoms with Gasteiger partial charge < -0.3 is 4.74 Å². The highest BCUT2D eigenvalue weighted by Crippen LogP contribution is 2.19. The molecule has 0 aliphatic rings. The summed E-state index contributed by atoms with van der Waals surface area (Å²) in [6.45, 7) is 5.88. The molecule has 0 saturated carbocycles. The van der Waals surface area contributed by atoms with Gasteiger partial charge in [0.15, 0.2) is 6.10 Å². The fourth-order valence-electron chi connectivity index (χ4n) is 1.18. The Morgan fingerprint density at radius 3 is 2.13 bits per heavy atom. The quantitative estimate of drug-likeness (QED) is 0.736. The van der Waals surface area contributed by atoms with Crippen LogP contribution in [0.1, 0.15) is 32.3 Å². The van der Waals surface area contributed by atoms with E-state index >= 15 is 0 Å². The van der Waals surface area contributed by atoms with Crippen LogP contribution in [0.25, 0.3) is 0 Å². The molecule has 1 aromatic carbocycles. The van der Waals surface area contributed by atoms with Crippen LogP contribution in [0.3, 0.4) is 0 Å². The lowest BCUT2D eigenvalue weighted by Crippen LogP contribution is -2.18. The van der Waals surface area contributed by atoms with E-state index in [2.05, 4.69) is 13.8 Å². The van der Waals surface area contributed by atoms with Gasteiger partial charge in [-0.25, -0.2) is 0 Å². The topological polar surface area (TPSA) is 26.3 Å². The van der Waals surface area contributed by atoms with E-state index in [-0.39, 0.29) is 0 Å². The minimum atomic E-state index is -0.600. The number of carbonyl (C=O) groups excluding carboxylic acids is 1. The largest absolute Gasteiger partial charge is 0.482 e. The maximum atomic E-state index is 10.8. The lowest BCUT2D eigenvalue weighted by molar-refractivity contribution is -0.117. The predicted octanol–water partition coefficient (Wildman–Crippen LogP) is 3.34.